The summed E-state index contributed by atoms with van der Waals surface area (Å²) in [6, 6.07) is 5.09. The highest BCUT2D eigenvalue weighted by atomic mass is 16.5. The minimum atomic E-state index is -0.963. The van der Waals surface area contributed by atoms with Crippen molar-refractivity contribution in [3.05, 3.63) is 41.3 Å². The van der Waals surface area contributed by atoms with Crippen molar-refractivity contribution in [1.82, 2.24) is 19.7 Å². The Bertz CT molecular complexity index is 819. The van der Waals surface area contributed by atoms with Crippen molar-refractivity contribution < 1.29 is 14.4 Å². The van der Waals surface area contributed by atoms with Crippen molar-refractivity contribution in [1.29, 1.82) is 0 Å². The molecule has 3 rings (SSSR count). The SMILES string of the molecule is Cc1noc(CCn2c(C)nc3cccc(C(=O)O)c32)n1. The van der Waals surface area contributed by atoms with Gasteiger partial charge in [0.2, 0.25) is 5.89 Å². The van der Waals surface area contributed by atoms with Crippen LogP contribution in [0.3, 0.4) is 0 Å². The number of aromatic carboxylic acids is 1. The van der Waals surface area contributed by atoms with Crippen LogP contribution >= 0.6 is 0 Å². The number of carbonyl (C=O) groups is 1. The summed E-state index contributed by atoms with van der Waals surface area (Å²) in [5.74, 6) is 0.912. The monoisotopic (exact) mass is 286 g/mol. The maximum Gasteiger partial charge on any atom is 0.337 e. The second-order valence-corrected chi connectivity index (χ2v) is 4.77. The van der Waals surface area contributed by atoms with Crippen LogP contribution in [0, 0.1) is 13.8 Å². The number of aromatic nitrogens is 4. The zero-order chi connectivity index (χ0) is 15.0. The molecule has 0 bridgehead atoms. The van der Waals surface area contributed by atoms with Crippen LogP contribution in [-0.2, 0) is 13.0 Å². The highest BCUT2D eigenvalue weighted by Crippen LogP contribution is 2.21. The molecular weight excluding hydrogens is 272 g/mol. The van der Waals surface area contributed by atoms with Gasteiger partial charge < -0.3 is 14.2 Å². The van der Waals surface area contributed by atoms with Crippen molar-refractivity contribution in [3.8, 4) is 0 Å². The maximum atomic E-state index is 11.4. The van der Waals surface area contributed by atoms with Crippen LogP contribution in [0.1, 0.15) is 27.9 Å². The quantitative estimate of drug-likeness (QED) is 0.788. The molecule has 0 saturated carbocycles. The average molecular weight is 286 g/mol. The molecule has 0 radical (unpaired) electrons. The molecule has 0 amide bonds. The lowest BCUT2D eigenvalue weighted by atomic mass is 10.2. The van der Waals surface area contributed by atoms with E-state index in [0.717, 1.165) is 5.82 Å². The second kappa shape index (κ2) is 5.01. The first kappa shape index (κ1) is 13.3. The van der Waals surface area contributed by atoms with Crippen molar-refractivity contribution in [2.24, 2.45) is 0 Å². The lowest BCUT2D eigenvalue weighted by Crippen LogP contribution is -2.07. The van der Waals surface area contributed by atoms with Gasteiger partial charge in [-0.1, -0.05) is 11.2 Å². The summed E-state index contributed by atoms with van der Waals surface area (Å²) in [6.45, 7) is 4.15. The molecule has 0 fully saturated rings. The van der Waals surface area contributed by atoms with Crippen molar-refractivity contribution >= 4 is 17.0 Å². The molecular formula is C14H14N4O3. The molecule has 0 spiro atoms. The Morgan fingerprint density at radius 1 is 1.33 bits per heavy atom. The van der Waals surface area contributed by atoms with Gasteiger partial charge in [0.25, 0.3) is 0 Å². The largest absolute Gasteiger partial charge is 0.478 e. The Hall–Kier alpha value is -2.70. The molecule has 0 saturated heterocycles. The maximum absolute atomic E-state index is 11.4. The molecule has 7 heteroatoms. The van der Waals surface area contributed by atoms with E-state index in [1.54, 1.807) is 19.1 Å². The second-order valence-electron chi connectivity index (χ2n) is 4.77. The lowest BCUT2D eigenvalue weighted by molar-refractivity contribution is 0.0698. The van der Waals surface area contributed by atoms with Crippen LogP contribution in [0.5, 0.6) is 0 Å². The van der Waals surface area contributed by atoms with Gasteiger partial charge in [0, 0.05) is 13.0 Å². The summed E-state index contributed by atoms with van der Waals surface area (Å²) in [5, 5.41) is 13.1. The summed E-state index contributed by atoms with van der Waals surface area (Å²) >= 11 is 0. The number of aryl methyl sites for hydroxylation is 4. The topological polar surface area (TPSA) is 94.0 Å². The molecule has 2 aromatic heterocycles. The smallest absolute Gasteiger partial charge is 0.337 e. The normalized spacial score (nSPS) is 11.1. The summed E-state index contributed by atoms with van der Waals surface area (Å²) in [4.78, 5) is 19.9. The van der Waals surface area contributed by atoms with Crippen molar-refractivity contribution in [3.63, 3.8) is 0 Å². The van der Waals surface area contributed by atoms with Crippen LogP contribution in [0.2, 0.25) is 0 Å². The van der Waals surface area contributed by atoms with Gasteiger partial charge in [-0.05, 0) is 26.0 Å². The lowest BCUT2D eigenvalue weighted by Gasteiger charge is -2.06. The van der Waals surface area contributed by atoms with E-state index in [1.807, 2.05) is 17.6 Å². The molecule has 0 unspecified atom stereocenters. The molecule has 0 aliphatic rings. The van der Waals surface area contributed by atoms with E-state index in [0.29, 0.717) is 35.7 Å². The first-order chi connectivity index (χ1) is 10.1. The molecule has 0 atom stereocenters. The molecule has 3 aromatic rings. The fourth-order valence-electron chi connectivity index (χ4n) is 2.40. The first-order valence-electron chi connectivity index (χ1n) is 6.54. The van der Waals surface area contributed by atoms with E-state index < -0.39 is 5.97 Å². The summed E-state index contributed by atoms with van der Waals surface area (Å²) in [6.07, 6.45) is 0.529. The Morgan fingerprint density at radius 3 is 2.81 bits per heavy atom. The van der Waals surface area contributed by atoms with E-state index in [2.05, 4.69) is 15.1 Å². The van der Waals surface area contributed by atoms with Crippen LogP contribution in [0.25, 0.3) is 11.0 Å². The highest BCUT2D eigenvalue weighted by Gasteiger charge is 2.16. The van der Waals surface area contributed by atoms with Crippen LogP contribution in [0.15, 0.2) is 22.7 Å². The Balaban J connectivity index is 2.01. The minimum Gasteiger partial charge on any atom is -0.478 e. The molecule has 2 heterocycles. The van der Waals surface area contributed by atoms with Gasteiger partial charge in [-0.15, -0.1) is 0 Å². The van der Waals surface area contributed by atoms with Crippen LogP contribution < -0.4 is 0 Å². The molecule has 108 valence electrons. The van der Waals surface area contributed by atoms with Crippen LogP contribution in [0.4, 0.5) is 0 Å². The predicted octanol–water partition coefficient (Wildman–Crippen LogP) is 1.98. The summed E-state index contributed by atoms with van der Waals surface area (Å²) < 4.78 is 6.95. The summed E-state index contributed by atoms with van der Waals surface area (Å²) in [7, 11) is 0. The van der Waals surface area contributed by atoms with E-state index >= 15 is 0 Å². The fourth-order valence-corrected chi connectivity index (χ4v) is 2.40. The number of hydrogen-bond acceptors (Lipinski definition) is 5. The third kappa shape index (κ3) is 2.37. The molecule has 0 aliphatic carbocycles. The number of nitrogens with zero attached hydrogens (tertiary/aromatic N) is 4. The van der Waals surface area contributed by atoms with E-state index in [9.17, 15) is 9.90 Å². The minimum absolute atomic E-state index is 0.245. The molecule has 21 heavy (non-hydrogen) atoms. The third-order valence-corrected chi connectivity index (χ3v) is 3.31. The molecule has 1 N–H and O–H groups in total. The third-order valence-electron chi connectivity index (χ3n) is 3.31. The molecule has 7 nitrogen and oxygen atoms in total. The summed E-state index contributed by atoms with van der Waals surface area (Å²) in [5.41, 5.74) is 1.54. The predicted molar refractivity (Wildman–Crippen MR) is 74.2 cm³/mol. The van der Waals surface area contributed by atoms with E-state index in [-0.39, 0.29) is 5.56 Å². The Morgan fingerprint density at radius 2 is 2.14 bits per heavy atom. The number of rotatable bonds is 4. The van der Waals surface area contributed by atoms with Gasteiger partial charge in [-0.3, -0.25) is 0 Å². The van der Waals surface area contributed by atoms with Gasteiger partial charge in [-0.25, -0.2) is 9.78 Å². The average Bonchev–Trinajstić information content (AvgIpc) is 2.98. The van der Waals surface area contributed by atoms with Crippen LogP contribution in [-0.4, -0.2) is 30.8 Å². The number of fused-ring (bicyclic) bond motifs is 1. The number of carboxylic acid groups (broad SMARTS) is 1. The van der Waals surface area contributed by atoms with Gasteiger partial charge in [0.15, 0.2) is 5.82 Å². The Kier molecular flexibility index (Phi) is 3.17. The number of hydrogen-bond donors (Lipinski definition) is 1. The zero-order valence-corrected chi connectivity index (χ0v) is 11.7. The van der Waals surface area contributed by atoms with Gasteiger partial charge >= 0.3 is 5.97 Å². The van der Waals surface area contributed by atoms with Gasteiger partial charge in [0.1, 0.15) is 5.82 Å². The van der Waals surface area contributed by atoms with E-state index in [4.69, 9.17) is 4.52 Å². The number of benzene rings is 1. The number of carboxylic acids is 1. The molecule has 1 aromatic carbocycles. The zero-order valence-electron chi connectivity index (χ0n) is 11.7. The fraction of sp³-hybridized carbons (Fsp3) is 0.286. The number of para-hydroxylation sites is 1. The van der Waals surface area contributed by atoms with Crippen molar-refractivity contribution in [2.75, 3.05) is 0 Å². The van der Waals surface area contributed by atoms with Crippen molar-refractivity contribution in [2.45, 2.75) is 26.8 Å². The number of imidazole rings is 1. The van der Waals surface area contributed by atoms with Gasteiger partial charge in [-0.2, -0.15) is 4.98 Å². The first-order valence-corrected chi connectivity index (χ1v) is 6.54. The van der Waals surface area contributed by atoms with Gasteiger partial charge in [0.05, 0.1) is 16.6 Å². The highest BCUT2D eigenvalue weighted by molar-refractivity contribution is 6.01. The standard InChI is InChI=1S/C14H14N4O3/c1-8-15-12(21-17-8)6-7-18-9(2)16-11-5-3-4-10(13(11)18)14(19)20/h3-5H,6-7H2,1-2H3,(H,19,20). The Labute approximate surface area is 120 Å². The molecule has 0 aliphatic heterocycles. The van der Waals surface area contributed by atoms with E-state index in [1.165, 1.54) is 0 Å².